The average Bonchev–Trinajstić information content (AvgIpc) is 3.24. The summed E-state index contributed by atoms with van der Waals surface area (Å²) in [5, 5.41) is 12.8. The number of ether oxygens (including phenoxy) is 1. The van der Waals surface area contributed by atoms with Crippen LogP contribution in [0.15, 0.2) is 33.5 Å². The minimum absolute atomic E-state index is 0.269. The Hall–Kier alpha value is -3.37. The van der Waals surface area contributed by atoms with Gasteiger partial charge in [0.25, 0.3) is 5.56 Å². The summed E-state index contributed by atoms with van der Waals surface area (Å²) < 4.78 is 27.5. The maximum Gasteiger partial charge on any atom is 0.277 e. The van der Waals surface area contributed by atoms with Crippen LogP contribution in [0.3, 0.4) is 0 Å². The van der Waals surface area contributed by atoms with Crippen molar-refractivity contribution in [2.45, 2.75) is 26.9 Å². The van der Waals surface area contributed by atoms with Gasteiger partial charge in [0.05, 0.1) is 13.2 Å². The zero-order valence-electron chi connectivity index (χ0n) is 18.2. The molecule has 0 radical (unpaired) electrons. The van der Waals surface area contributed by atoms with Gasteiger partial charge in [-0.15, -0.1) is 15.3 Å². The molecule has 1 aliphatic rings. The number of hydrogen-bond donors (Lipinski definition) is 0. The second-order valence-electron chi connectivity index (χ2n) is 7.87. The van der Waals surface area contributed by atoms with Gasteiger partial charge in [-0.05, 0) is 38.1 Å². The second kappa shape index (κ2) is 8.20. The lowest BCUT2D eigenvalue weighted by molar-refractivity contribution is 0.0214. The molecule has 0 spiro atoms. The van der Waals surface area contributed by atoms with E-state index in [1.807, 2.05) is 4.90 Å². The number of benzene rings is 1. The molecule has 1 aliphatic heterocycles. The number of morpholine rings is 1. The zero-order valence-corrected chi connectivity index (χ0v) is 18.9. The third-order valence-corrected chi connectivity index (χ3v) is 5.91. The van der Waals surface area contributed by atoms with Crippen LogP contribution < -0.4 is 10.5 Å². The van der Waals surface area contributed by atoms with Crippen LogP contribution in [-0.2, 0) is 4.74 Å². The zero-order chi connectivity index (χ0) is 23.3. The summed E-state index contributed by atoms with van der Waals surface area (Å²) in [7, 11) is 0. The summed E-state index contributed by atoms with van der Waals surface area (Å²) in [5.41, 5.74) is 1.70. The maximum absolute atomic E-state index is 14.9. The molecule has 0 saturated carbocycles. The molecule has 0 unspecified atom stereocenters. The van der Waals surface area contributed by atoms with Gasteiger partial charge >= 0.3 is 0 Å². The molecule has 11 heteroatoms. The van der Waals surface area contributed by atoms with E-state index in [0.29, 0.717) is 54.1 Å². The highest BCUT2D eigenvalue weighted by Crippen LogP contribution is 2.32. The van der Waals surface area contributed by atoms with Crippen LogP contribution in [0.1, 0.15) is 29.1 Å². The fourth-order valence-electron chi connectivity index (χ4n) is 3.80. The van der Waals surface area contributed by atoms with E-state index in [4.69, 9.17) is 20.8 Å². The topological polar surface area (TPSA) is 98.7 Å². The van der Waals surface area contributed by atoms with Gasteiger partial charge in [-0.25, -0.2) is 9.37 Å². The number of aryl methyl sites for hydroxylation is 2. The van der Waals surface area contributed by atoms with Crippen molar-refractivity contribution in [2.75, 3.05) is 24.6 Å². The standard InChI is InChI=1S/C22H20ClFN6O3/c1-11-12(2)25-20-16(15-5-4-14(23)8-17(15)24)9-19(28-30(20)22(11)31)29-6-7-32-18(10-29)21-27-26-13(3)33-21/h4-5,8-9,18H,6-7,10H2,1-3H3/t18-/m1/s1. The van der Waals surface area contributed by atoms with Gasteiger partial charge in [0.15, 0.2) is 17.6 Å². The summed E-state index contributed by atoms with van der Waals surface area (Å²) in [5.74, 6) is 0.768. The van der Waals surface area contributed by atoms with Crippen LogP contribution in [0.25, 0.3) is 16.8 Å². The van der Waals surface area contributed by atoms with Crippen LogP contribution in [0, 0.1) is 26.6 Å². The Morgan fingerprint density at radius 3 is 2.70 bits per heavy atom. The normalized spacial score (nSPS) is 16.5. The molecular weight excluding hydrogens is 451 g/mol. The van der Waals surface area contributed by atoms with Gasteiger partial charge in [0, 0.05) is 40.9 Å². The number of hydrogen-bond acceptors (Lipinski definition) is 8. The molecule has 0 bridgehead atoms. The van der Waals surface area contributed by atoms with Crippen molar-refractivity contribution < 1.29 is 13.5 Å². The van der Waals surface area contributed by atoms with E-state index in [1.165, 1.54) is 10.6 Å². The predicted molar refractivity (Wildman–Crippen MR) is 119 cm³/mol. The van der Waals surface area contributed by atoms with Crippen molar-refractivity contribution in [2.24, 2.45) is 0 Å². The van der Waals surface area contributed by atoms with E-state index in [1.54, 1.807) is 39.0 Å². The van der Waals surface area contributed by atoms with Crippen molar-refractivity contribution >= 4 is 23.1 Å². The lowest BCUT2D eigenvalue weighted by Gasteiger charge is -2.32. The van der Waals surface area contributed by atoms with Crippen molar-refractivity contribution in [1.82, 2.24) is 24.8 Å². The first-order chi connectivity index (χ1) is 15.8. The second-order valence-corrected chi connectivity index (χ2v) is 8.30. The SMILES string of the molecule is Cc1nnc([C@H]2CN(c3cc(-c4ccc(Cl)cc4F)c4nc(C)c(C)c(=O)n4n3)CCO2)o1. The molecule has 1 atom stereocenters. The van der Waals surface area contributed by atoms with Crippen molar-refractivity contribution in [3.8, 4) is 11.1 Å². The quantitative estimate of drug-likeness (QED) is 0.449. The molecule has 5 rings (SSSR count). The summed E-state index contributed by atoms with van der Waals surface area (Å²) >= 11 is 5.96. The smallest absolute Gasteiger partial charge is 0.277 e. The van der Waals surface area contributed by atoms with Crippen LogP contribution in [0.2, 0.25) is 5.02 Å². The number of rotatable bonds is 3. The monoisotopic (exact) mass is 470 g/mol. The minimum Gasteiger partial charge on any atom is -0.423 e. The summed E-state index contributed by atoms with van der Waals surface area (Å²) in [6, 6.07) is 6.12. The molecule has 1 aromatic carbocycles. The lowest BCUT2D eigenvalue weighted by Crippen LogP contribution is -2.39. The highest BCUT2D eigenvalue weighted by Gasteiger charge is 2.28. The molecule has 170 valence electrons. The largest absolute Gasteiger partial charge is 0.423 e. The fourth-order valence-corrected chi connectivity index (χ4v) is 3.96. The van der Waals surface area contributed by atoms with Gasteiger partial charge in [0.1, 0.15) is 5.82 Å². The van der Waals surface area contributed by atoms with Crippen molar-refractivity contribution in [3.05, 3.63) is 68.5 Å². The molecule has 0 amide bonds. The Kier molecular flexibility index (Phi) is 5.34. The predicted octanol–water partition coefficient (Wildman–Crippen LogP) is 3.44. The first-order valence-corrected chi connectivity index (χ1v) is 10.7. The Morgan fingerprint density at radius 2 is 1.97 bits per heavy atom. The molecule has 9 nitrogen and oxygen atoms in total. The number of anilines is 1. The first-order valence-electron chi connectivity index (χ1n) is 10.3. The molecule has 0 N–H and O–H groups in total. The van der Waals surface area contributed by atoms with E-state index < -0.39 is 11.9 Å². The third-order valence-electron chi connectivity index (χ3n) is 5.68. The summed E-state index contributed by atoms with van der Waals surface area (Å²) in [4.78, 5) is 19.6. The molecule has 33 heavy (non-hydrogen) atoms. The van der Waals surface area contributed by atoms with Crippen LogP contribution in [-0.4, -0.2) is 44.5 Å². The maximum atomic E-state index is 14.9. The average molecular weight is 471 g/mol. The number of halogens is 2. The number of nitrogens with zero attached hydrogens (tertiary/aromatic N) is 6. The van der Waals surface area contributed by atoms with E-state index in [0.717, 1.165) is 0 Å². The molecule has 4 aromatic rings. The van der Waals surface area contributed by atoms with Gasteiger partial charge in [-0.2, -0.15) is 4.52 Å². The molecule has 1 saturated heterocycles. The number of fused-ring (bicyclic) bond motifs is 1. The van der Waals surface area contributed by atoms with Gasteiger partial charge in [-0.1, -0.05) is 11.6 Å². The fraction of sp³-hybridized carbons (Fsp3) is 0.318. The van der Waals surface area contributed by atoms with E-state index in [9.17, 15) is 9.18 Å². The Labute approximate surface area is 192 Å². The highest BCUT2D eigenvalue weighted by atomic mass is 35.5. The van der Waals surface area contributed by atoms with E-state index in [2.05, 4.69) is 20.3 Å². The van der Waals surface area contributed by atoms with Gasteiger partial charge in [0.2, 0.25) is 11.8 Å². The van der Waals surface area contributed by atoms with E-state index >= 15 is 0 Å². The molecule has 4 heterocycles. The molecule has 0 aliphatic carbocycles. The van der Waals surface area contributed by atoms with Crippen molar-refractivity contribution in [3.63, 3.8) is 0 Å². The van der Waals surface area contributed by atoms with Gasteiger partial charge in [-0.3, -0.25) is 4.79 Å². The number of aromatic nitrogens is 5. The van der Waals surface area contributed by atoms with Crippen molar-refractivity contribution in [1.29, 1.82) is 0 Å². The minimum atomic E-state index is -0.518. The van der Waals surface area contributed by atoms with Crippen LogP contribution in [0.5, 0.6) is 0 Å². The Morgan fingerprint density at radius 1 is 1.15 bits per heavy atom. The third kappa shape index (κ3) is 3.85. The lowest BCUT2D eigenvalue weighted by atomic mass is 10.1. The van der Waals surface area contributed by atoms with Gasteiger partial charge < -0.3 is 14.1 Å². The summed E-state index contributed by atoms with van der Waals surface area (Å²) in [6.07, 6.45) is -0.456. The first kappa shape index (κ1) is 21.5. The summed E-state index contributed by atoms with van der Waals surface area (Å²) in [6.45, 7) is 6.41. The molecule has 1 fully saturated rings. The van der Waals surface area contributed by atoms with E-state index in [-0.39, 0.29) is 21.8 Å². The molecule has 3 aromatic heterocycles. The Bertz CT molecular complexity index is 1440. The van der Waals surface area contributed by atoms with Crippen LogP contribution in [0.4, 0.5) is 10.2 Å². The van der Waals surface area contributed by atoms with Crippen LogP contribution >= 0.6 is 11.6 Å². The molecular formula is C22H20ClFN6O3. The Balaban J connectivity index is 1.67. The highest BCUT2D eigenvalue weighted by molar-refractivity contribution is 6.30.